The van der Waals surface area contributed by atoms with Crippen LogP contribution in [0.1, 0.15) is 11.1 Å². The maximum Gasteiger partial charge on any atom is 0.417 e. The average Bonchev–Trinajstić information content (AvgIpc) is 2.67. The highest BCUT2D eigenvalue weighted by molar-refractivity contribution is 5.91. The Kier molecular flexibility index (Phi) is 4.57. The molecule has 0 fully saturated rings. The number of alkyl halides is 3. The Hall–Kier alpha value is -3.62. The number of hydrogen-bond donors (Lipinski definition) is 1. The molecule has 4 heterocycles. The number of rotatable bonds is 3. The fraction of sp³-hybridized carbons (Fsp3) is 0.100. The largest absolute Gasteiger partial charge is 0.417 e. The van der Waals surface area contributed by atoms with Crippen LogP contribution in [0.3, 0.4) is 0 Å². The Bertz CT molecular complexity index is 1190. The van der Waals surface area contributed by atoms with Crippen LogP contribution in [0, 0.1) is 12.7 Å². The molecule has 0 saturated carbocycles. The van der Waals surface area contributed by atoms with Crippen molar-refractivity contribution in [1.29, 1.82) is 0 Å². The molecule has 0 spiro atoms. The molecular weight excluding hydrogens is 386 g/mol. The third kappa shape index (κ3) is 3.84. The third-order valence-corrected chi connectivity index (χ3v) is 4.24. The molecule has 0 aliphatic rings. The van der Waals surface area contributed by atoms with Gasteiger partial charge in [0.25, 0.3) is 0 Å². The molecule has 4 aromatic rings. The predicted molar refractivity (Wildman–Crippen MR) is 100.0 cm³/mol. The first-order chi connectivity index (χ1) is 13.8. The summed E-state index contributed by atoms with van der Waals surface area (Å²) in [7, 11) is 0. The molecule has 0 aliphatic carbocycles. The van der Waals surface area contributed by atoms with Crippen molar-refractivity contribution in [2.45, 2.75) is 13.1 Å². The van der Waals surface area contributed by atoms with Crippen molar-refractivity contribution in [3.8, 4) is 11.4 Å². The average molecular weight is 399 g/mol. The van der Waals surface area contributed by atoms with Crippen LogP contribution in [0.15, 0.2) is 55.0 Å². The molecule has 0 radical (unpaired) electrons. The van der Waals surface area contributed by atoms with E-state index in [9.17, 15) is 17.6 Å². The lowest BCUT2D eigenvalue weighted by molar-refractivity contribution is -0.137. The number of nitrogens with zero attached hydrogens (tertiary/aromatic N) is 4. The van der Waals surface area contributed by atoms with E-state index in [1.165, 1.54) is 18.3 Å². The van der Waals surface area contributed by atoms with Gasteiger partial charge in [0.05, 0.1) is 28.8 Å². The summed E-state index contributed by atoms with van der Waals surface area (Å²) in [4.78, 5) is 16.6. The number of aryl methyl sites for hydroxylation is 1. The zero-order valence-corrected chi connectivity index (χ0v) is 15.0. The lowest BCUT2D eigenvalue weighted by Gasteiger charge is -2.11. The lowest BCUT2D eigenvalue weighted by Crippen LogP contribution is -2.06. The first-order valence-electron chi connectivity index (χ1n) is 8.50. The smallest absolute Gasteiger partial charge is 0.340 e. The van der Waals surface area contributed by atoms with E-state index in [1.54, 1.807) is 25.1 Å². The van der Waals surface area contributed by atoms with Crippen LogP contribution in [0.5, 0.6) is 0 Å². The summed E-state index contributed by atoms with van der Waals surface area (Å²) in [5.41, 5.74) is 1.89. The molecule has 1 N–H and O–H groups in total. The van der Waals surface area contributed by atoms with E-state index >= 15 is 0 Å². The minimum Gasteiger partial charge on any atom is -0.340 e. The standard InChI is InChI=1S/C20H13F4N5/c1-11-8-13(21)10-27-18(11)16-4-3-14-15(6-7-25-19(14)29-16)28-17-5-2-12(9-26-17)20(22,23)24/h2-10H,1H3,(H,25,26,28,29). The second-order valence-electron chi connectivity index (χ2n) is 6.30. The van der Waals surface area contributed by atoms with E-state index in [-0.39, 0.29) is 5.82 Å². The van der Waals surface area contributed by atoms with Crippen molar-refractivity contribution < 1.29 is 17.6 Å². The topological polar surface area (TPSA) is 63.6 Å². The van der Waals surface area contributed by atoms with Crippen molar-refractivity contribution in [2.75, 3.05) is 5.32 Å². The summed E-state index contributed by atoms with van der Waals surface area (Å²) in [6.45, 7) is 1.74. The van der Waals surface area contributed by atoms with E-state index in [0.29, 0.717) is 33.7 Å². The minimum absolute atomic E-state index is 0.255. The highest BCUT2D eigenvalue weighted by Gasteiger charge is 2.30. The molecule has 4 rings (SSSR count). The van der Waals surface area contributed by atoms with Crippen molar-refractivity contribution >= 4 is 22.5 Å². The second kappa shape index (κ2) is 7.08. The SMILES string of the molecule is Cc1cc(F)cnc1-c1ccc2c(Nc3ccc(C(F)(F)F)cn3)ccnc2n1. The van der Waals surface area contributed by atoms with Gasteiger partial charge in [0, 0.05) is 17.8 Å². The highest BCUT2D eigenvalue weighted by atomic mass is 19.4. The molecule has 0 saturated heterocycles. The number of anilines is 2. The fourth-order valence-corrected chi connectivity index (χ4v) is 2.85. The summed E-state index contributed by atoms with van der Waals surface area (Å²) in [6.07, 6.45) is -1.03. The number of aromatic nitrogens is 4. The van der Waals surface area contributed by atoms with Gasteiger partial charge in [-0.25, -0.2) is 19.3 Å². The molecule has 5 nitrogen and oxygen atoms in total. The minimum atomic E-state index is -4.44. The molecule has 0 amide bonds. The summed E-state index contributed by atoms with van der Waals surface area (Å²) < 4.78 is 51.3. The molecule has 0 aliphatic heterocycles. The fourth-order valence-electron chi connectivity index (χ4n) is 2.85. The number of fused-ring (bicyclic) bond motifs is 1. The Morgan fingerprint density at radius 3 is 2.45 bits per heavy atom. The molecule has 4 aromatic heterocycles. The Morgan fingerprint density at radius 2 is 1.76 bits per heavy atom. The first-order valence-corrected chi connectivity index (χ1v) is 8.50. The van der Waals surface area contributed by atoms with Crippen LogP contribution in [0.25, 0.3) is 22.4 Å². The Labute approximate surface area is 162 Å². The van der Waals surface area contributed by atoms with Crippen molar-refractivity contribution in [3.05, 3.63) is 71.9 Å². The van der Waals surface area contributed by atoms with Crippen LogP contribution in [0.2, 0.25) is 0 Å². The van der Waals surface area contributed by atoms with Gasteiger partial charge in [-0.2, -0.15) is 13.2 Å². The maximum absolute atomic E-state index is 13.3. The molecular formula is C20H13F4N5. The summed E-state index contributed by atoms with van der Waals surface area (Å²) in [6, 6.07) is 8.74. The second-order valence-corrected chi connectivity index (χ2v) is 6.30. The van der Waals surface area contributed by atoms with Crippen LogP contribution in [-0.2, 0) is 6.18 Å². The van der Waals surface area contributed by atoms with Gasteiger partial charge in [-0.3, -0.25) is 4.98 Å². The quantitative estimate of drug-likeness (QED) is 0.474. The maximum atomic E-state index is 13.3. The Balaban J connectivity index is 1.68. The van der Waals surface area contributed by atoms with E-state index in [4.69, 9.17) is 0 Å². The van der Waals surface area contributed by atoms with Gasteiger partial charge in [-0.05, 0) is 48.9 Å². The van der Waals surface area contributed by atoms with E-state index < -0.39 is 17.6 Å². The zero-order valence-electron chi connectivity index (χ0n) is 15.0. The number of halogens is 4. The summed E-state index contributed by atoms with van der Waals surface area (Å²) in [5, 5.41) is 3.63. The van der Waals surface area contributed by atoms with Crippen molar-refractivity contribution in [1.82, 2.24) is 19.9 Å². The first kappa shape index (κ1) is 18.7. The van der Waals surface area contributed by atoms with Gasteiger partial charge in [0.1, 0.15) is 11.6 Å². The van der Waals surface area contributed by atoms with Gasteiger partial charge in [-0.15, -0.1) is 0 Å². The zero-order chi connectivity index (χ0) is 20.6. The molecule has 9 heteroatoms. The van der Waals surface area contributed by atoms with E-state index in [0.717, 1.165) is 18.5 Å². The van der Waals surface area contributed by atoms with E-state index in [2.05, 4.69) is 25.3 Å². The number of nitrogens with one attached hydrogen (secondary N) is 1. The lowest BCUT2D eigenvalue weighted by atomic mass is 10.1. The number of pyridine rings is 4. The third-order valence-electron chi connectivity index (χ3n) is 4.24. The highest BCUT2D eigenvalue weighted by Crippen LogP contribution is 2.30. The van der Waals surface area contributed by atoms with E-state index in [1.807, 2.05) is 0 Å². The molecule has 146 valence electrons. The van der Waals surface area contributed by atoms with Crippen LogP contribution >= 0.6 is 0 Å². The summed E-state index contributed by atoms with van der Waals surface area (Å²) in [5.74, 6) is -0.175. The molecule has 0 unspecified atom stereocenters. The summed E-state index contributed by atoms with van der Waals surface area (Å²) >= 11 is 0. The normalized spacial score (nSPS) is 11.6. The van der Waals surface area contributed by atoms with Crippen LogP contribution < -0.4 is 5.32 Å². The molecule has 0 aromatic carbocycles. The number of hydrogen-bond acceptors (Lipinski definition) is 5. The van der Waals surface area contributed by atoms with Gasteiger partial charge in [0.2, 0.25) is 0 Å². The van der Waals surface area contributed by atoms with Crippen LogP contribution in [-0.4, -0.2) is 19.9 Å². The van der Waals surface area contributed by atoms with Gasteiger partial charge < -0.3 is 5.32 Å². The van der Waals surface area contributed by atoms with Gasteiger partial charge in [0.15, 0.2) is 5.65 Å². The molecule has 0 bridgehead atoms. The van der Waals surface area contributed by atoms with Gasteiger partial charge >= 0.3 is 6.18 Å². The van der Waals surface area contributed by atoms with Crippen LogP contribution in [0.4, 0.5) is 29.1 Å². The van der Waals surface area contributed by atoms with Gasteiger partial charge in [-0.1, -0.05) is 0 Å². The van der Waals surface area contributed by atoms with Crippen molar-refractivity contribution in [3.63, 3.8) is 0 Å². The molecule has 29 heavy (non-hydrogen) atoms. The molecule has 0 atom stereocenters. The monoisotopic (exact) mass is 399 g/mol. The van der Waals surface area contributed by atoms with Crippen molar-refractivity contribution in [2.24, 2.45) is 0 Å². The predicted octanol–water partition coefficient (Wildman–Crippen LogP) is 5.30. The Morgan fingerprint density at radius 1 is 0.931 bits per heavy atom.